The standard InChI is InChI=1S/C16H20N2O3/c1-10-14(20-12-4-3-7-18-9-12)6-5-11-8-13(17-2)16(19)21-15(10)11/h5-6,8,12,17-18H,3-4,7,9H2,1-2H3. The molecule has 0 radical (unpaired) electrons. The van der Waals surface area contributed by atoms with Gasteiger partial charge in [0.25, 0.3) is 0 Å². The lowest BCUT2D eigenvalue weighted by Crippen LogP contribution is -2.37. The van der Waals surface area contributed by atoms with Crippen molar-refractivity contribution in [1.29, 1.82) is 0 Å². The number of piperidine rings is 1. The van der Waals surface area contributed by atoms with E-state index in [1.54, 1.807) is 13.1 Å². The first-order chi connectivity index (χ1) is 10.2. The highest BCUT2D eigenvalue weighted by Gasteiger charge is 2.17. The van der Waals surface area contributed by atoms with E-state index in [0.717, 1.165) is 42.6 Å². The largest absolute Gasteiger partial charge is 0.489 e. The summed E-state index contributed by atoms with van der Waals surface area (Å²) in [5.41, 5.74) is 1.58. The highest BCUT2D eigenvalue weighted by molar-refractivity contribution is 5.84. The Morgan fingerprint density at radius 3 is 3.00 bits per heavy atom. The SMILES string of the molecule is CNc1cc2ccc(OC3CCCNC3)c(C)c2oc1=O. The van der Waals surface area contributed by atoms with E-state index in [2.05, 4.69) is 10.6 Å². The topological polar surface area (TPSA) is 63.5 Å². The lowest BCUT2D eigenvalue weighted by molar-refractivity contribution is 0.166. The number of fused-ring (bicyclic) bond motifs is 1. The van der Waals surface area contributed by atoms with Crippen LogP contribution in [0.5, 0.6) is 5.75 Å². The van der Waals surface area contributed by atoms with Crippen LogP contribution >= 0.6 is 0 Å². The number of anilines is 1. The molecule has 1 aliphatic heterocycles. The van der Waals surface area contributed by atoms with Crippen LogP contribution in [0.4, 0.5) is 5.69 Å². The van der Waals surface area contributed by atoms with E-state index in [1.807, 2.05) is 19.1 Å². The van der Waals surface area contributed by atoms with Gasteiger partial charge in [-0.1, -0.05) is 0 Å². The van der Waals surface area contributed by atoms with Crippen molar-refractivity contribution in [2.45, 2.75) is 25.9 Å². The predicted molar refractivity (Wildman–Crippen MR) is 83.3 cm³/mol. The number of aryl methyl sites for hydroxylation is 1. The highest BCUT2D eigenvalue weighted by atomic mass is 16.5. The van der Waals surface area contributed by atoms with Crippen molar-refractivity contribution in [1.82, 2.24) is 5.32 Å². The first kappa shape index (κ1) is 13.9. The van der Waals surface area contributed by atoms with Gasteiger partial charge in [-0.15, -0.1) is 0 Å². The number of rotatable bonds is 3. The summed E-state index contributed by atoms with van der Waals surface area (Å²) in [4.78, 5) is 11.8. The fourth-order valence-electron chi connectivity index (χ4n) is 2.71. The van der Waals surface area contributed by atoms with Crippen molar-refractivity contribution in [2.24, 2.45) is 0 Å². The molecule has 1 atom stereocenters. The second-order valence-electron chi connectivity index (χ2n) is 5.39. The number of nitrogens with one attached hydrogen (secondary N) is 2. The Hall–Kier alpha value is -2.01. The van der Waals surface area contributed by atoms with Crippen LogP contribution in [-0.2, 0) is 0 Å². The maximum atomic E-state index is 11.8. The van der Waals surface area contributed by atoms with Gasteiger partial charge in [-0.25, -0.2) is 4.79 Å². The molecule has 1 fully saturated rings. The zero-order valence-corrected chi connectivity index (χ0v) is 12.4. The molecule has 112 valence electrons. The summed E-state index contributed by atoms with van der Waals surface area (Å²) in [5, 5.41) is 7.06. The Bertz CT molecular complexity index is 702. The summed E-state index contributed by atoms with van der Waals surface area (Å²) >= 11 is 0. The molecule has 1 aliphatic rings. The van der Waals surface area contributed by atoms with Crippen molar-refractivity contribution in [3.05, 3.63) is 34.2 Å². The third-order valence-corrected chi connectivity index (χ3v) is 3.92. The number of hydrogen-bond acceptors (Lipinski definition) is 5. The highest BCUT2D eigenvalue weighted by Crippen LogP contribution is 2.29. The Morgan fingerprint density at radius 2 is 2.29 bits per heavy atom. The normalized spacial score (nSPS) is 18.7. The molecule has 2 aromatic rings. The molecular weight excluding hydrogens is 268 g/mol. The van der Waals surface area contributed by atoms with Crippen molar-refractivity contribution < 1.29 is 9.15 Å². The lowest BCUT2D eigenvalue weighted by atomic mass is 10.1. The van der Waals surface area contributed by atoms with Gasteiger partial charge < -0.3 is 19.8 Å². The minimum Gasteiger partial charge on any atom is -0.489 e. The van der Waals surface area contributed by atoms with Crippen LogP contribution < -0.4 is 21.0 Å². The van der Waals surface area contributed by atoms with Gasteiger partial charge in [-0.2, -0.15) is 0 Å². The van der Waals surface area contributed by atoms with Gasteiger partial charge in [0.1, 0.15) is 23.1 Å². The van der Waals surface area contributed by atoms with Gasteiger partial charge in [0, 0.05) is 24.5 Å². The summed E-state index contributed by atoms with van der Waals surface area (Å²) in [5.74, 6) is 0.788. The molecule has 0 aliphatic carbocycles. The molecule has 0 amide bonds. The molecule has 0 bridgehead atoms. The molecule has 1 saturated heterocycles. The second kappa shape index (κ2) is 5.77. The fourth-order valence-corrected chi connectivity index (χ4v) is 2.71. The number of benzene rings is 1. The molecule has 5 nitrogen and oxygen atoms in total. The summed E-state index contributed by atoms with van der Waals surface area (Å²) in [6.07, 6.45) is 2.35. The van der Waals surface area contributed by atoms with Crippen molar-refractivity contribution >= 4 is 16.7 Å². The fraction of sp³-hybridized carbons (Fsp3) is 0.438. The lowest BCUT2D eigenvalue weighted by Gasteiger charge is -2.24. The summed E-state index contributed by atoms with van der Waals surface area (Å²) in [7, 11) is 1.71. The van der Waals surface area contributed by atoms with Gasteiger partial charge in [-0.3, -0.25) is 0 Å². The van der Waals surface area contributed by atoms with E-state index >= 15 is 0 Å². The molecule has 2 heterocycles. The first-order valence-electron chi connectivity index (χ1n) is 7.31. The van der Waals surface area contributed by atoms with Gasteiger partial charge in [-0.05, 0) is 44.5 Å². The minimum absolute atomic E-state index is 0.179. The average molecular weight is 288 g/mol. The van der Waals surface area contributed by atoms with Gasteiger partial charge in [0.05, 0.1) is 0 Å². The number of ether oxygens (including phenoxy) is 1. The van der Waals surface area contributed by atoms with Crippen LogP contribution in [0.15, 0.2) is 27.4 Å². The Morgan fingerprint density at radius 1 is 1.43 bits per heavy atom. The third-order valence-electron chi connectivity index (χ3n) is 3.92. The predicted octanol–water partition coefficient (Wildman–Crippen LogP) is 2.27. The maximum absolute atomic E-state index is 11.8. The molecule has 2 N–H and O–H groups in total. The zero-order valence-electron chi connectivity index (χ0n) is 12.4. The van der Waals surface area contributed by atoms with Crippen LogP contribution in [0.2, 0.25) is 0 Å². The molecule has 0 spiro atoms. The average Bonchev–Trinajstić information content (AvgIpc) is 2.51. The van der Waals surface area contributed by atoms with E-state index in [-0.39, 0.29) is 11.7 Å². The Kier molecular flexibility index (Phi) is 3.84. The molecule has 1 aromatic carbocycles. The summed E-state index contributed by atoms with van der Waals surface area (Å²) in [6.45, 7) is 3.84. The van der Waals surface area contributed by atoms with Crippen LogP contribution in [0.3, 0.4) is 0 Å². The van der Waals surface area contributed by atoms with E-state index in [1.165, 1.54) is 0 Å². The molecule has 1 aromatic heterocycles. The van der Waals surface area contributed by atoms with E-state index in [9.17, 15) is 4.79 Å². The van der Waals surface area contributed by atoms with Crippen LogP contribution in [0.25, 0.3) is 11.0 Å². The molecule has 5 heteroatoms. The Labute approximate surface area is 123 Å². The van der Waals surface area contributed by atoms with Crippen molar-refractivity contribution in [3.8, 4) is 5.75 Å². The van der Waals surface area contributed by atoms with E-state index < -0.39 is 0 Å². The zero-order chi connectivity index (χ0) is 14.8. The summed E-state index contributed by atoms with van der Waals surface area (Å²) in [6, 6.07) is 5.68. The quantitative estimate of drug-likeness (QED) is 0.848. The monoisotopic (exact) mass is 288 g/mol. The van der Waals surface area contributed by atoms with E-state index in [0.29, 0.717) is 11.3 Å². The van der Waals surface area contributed by atoms with Crippen LogP contribution in [0, 0.1) is 6.92 Å². The molecule has 3 rings (SSSR count). The first-order valence-corrected chi connectivity index (χ1v) is 7.31. The van der Waals surface area contributed by atoms with Crippen LogP contribution in [0.1, 0.15) is 18.4 Å². The van der Waals surface area contributed by atoms with Crippen molar-refractivity contribution in [3.63, 3.8) is 0 Å². The molecule has 1 unspecified atom stereocenters. The van der Waals surface area contributed by atoms with Gasteiger partial charge in [0.15, 0.2) is 0 Å². The van der Waals surface area contributed by atoms with Crippen molar-refractivity contribution in [2.75, 3.05) is 25.5 Å². The minimum atomic E-state index is -0.357. The summed E-state index contributed by atoms with van der Waals surface area (Å²) < 4.78 is 11.5. The smallest absolute Gasteiger partial charge is 0.359 e. The number of hydrogen-bond donors (Lipinski definition) is 2. The Balaban J connectivity index is 1.97. The maximum Gasteiger partial charge on any atom is 0.359 e. The molecule has 0 saturated carbocycles. The third kappa shape index (κ3) is 2.74. The van der Waals surface area contributed by atoms with Gasteiger partial charge in [0.2, 0.25) is 0 Å². The second-order valence-corrected chi connectivity index (χ2v) is 5.39. The van der Waals surface area contributed by atoms with Gasteiger partial charge >= 0.3 is 5.63 Å². The molecular formula is C16H20N2O3. The van der Waals surface area contributed by atoms with E-state index in [4.69, 9.17) is 9.15 Å². The van der Waals surface area contributed by atoms with Crippen LogP contribution in [-0.4, -0.2) is 26.2 Å². The molecule has 21 heavy (non-hydrogen) atoms.